The smallest absolute Gasteiger partial charge is 0.223 e. The van der Waals surface area contributed by atoms with Gasteiger partial charge in [0, 0.05) is 19.0 Å². The first kappa shape index (κ1) is 16.0. The maximum absolute atomic E-state index is 12.2. The van der Waals surface area contributed by atoms with E-state index in [9.17, 15) is 13.2 Å². The highest BCUT2D eigenvalue weighted by atomic mass is 32.2. The van der Waals surface area contributed by atoms with Gasteiger partial charge in [0.05, 0.1) is 6.26 Å². The number of amides is 1. The fourth-order valence-electron chi connectivity index (χ4n) is 2.96. The zero-order valence-corrected chi connectivity index (χ0v) is 13.8. The highest BCUT2D eigenvalue weighted by Gasteiger charge is 2.44. The van der Waals surface area contributed by atoms with Gasteiger partial charge >= 0.3 is 0 Å². The minimum atomic E-state index is -3.21. The van der Waals surface area contributed by atoms with E-state index in [4.69, 9.17) is 0 Å². The molecule has 0 radical (unpaired) electrons. The van der Waals surface area contributed by atoms with Crippen LogP contribution in [0.15, 0.2) is 42.5 Å². The third kappa shape index (κ3) is 3.89. The molecule has 2 atom stereocenters. The van der Waals surface area contributed by atoms with Gasteiger partial charge in [-0.15, -0.1) is 0 Å². The fraction of sp³-hybridized carbons (Fsp3) is 0.353. The molecule has 122 valence electrons. The van der Waals surface area contributed by atoms with Crippen LogP contribution in [0.4, 0.5) is 0 Å². The van der Waals surface area contributed by atoms with Crippen LogP contribution in [0, 0.1) is 5.92 Å². The third-order valence-electron chi connectivity index (χ3n) is 4.14. The predicted molar refractivity (Wildman–Crippen MR) is 90.7 cm³/mol. The molecule has 1 amide bonds. The lowest BCUT2D eigenvalue weighted by atomic mass is 10.00. The molecule has 23 heavy (non-hydrogen) atoms. The lowest BCUT2D eigenvalue weighted by Gasteiger charge is -2.07. The lowest BCUT2D eigenvalue weighted by molar-refractivity contribution is -0.122. The third-order valence-corrected chi connectivity index (χ3v) is 4.87. The second kappa shape index (κ2) is 6.29. The van der Waals surface area contributed by atoms with Gasteiger partial charge in [-0.25, -0.2) is 13.1 Å². The van der Waals surface area contributed by atoms with Crippen molar-refractivity contribution < 1.29 is 13.2 Å². The molecule has 5 nitrogen and oxygen atoms in total. The minimum absolute atomic E-state index is 0.00163. The van der Waals surface area contributed by atoms with Crippen LogP contribution in [-0.4, -0.2) is 33.7 Å². The van der Waals surface area contributed by atoms with Gasteiger partial charge in [-0.1, -0.05) is 42.5 Å². The Balaban J connectivity index is 1.59. The molecule has 0 spiro atoms. The van der Waals surface area contributed by atoms with Crippen LogP contribution >= 0.6 is 0 Å². The number of hydrogen-bond acceptors (Lipinski definition) is 3. The average molecular weight is 332 g/mol. The van der Waals surface area contributed by atoms with Gasteiger partial charge in [0.15, 0.2) is 0 Å². The van der Waals surface area contributed by atoms with E-state index in [0.29, 0.717) is 6.54 Å². The SMILES string of the molecule is CS(=O)(=O)NCCNC(=O)[C@H]1C[C@@H]1c1cccc2ccccc12. The predicted octanol–water partition coefficient (Wildman–Crippen LogP) is 1.61. The molecule has 0 aromatic heterocycles. The Kier molecular flexibility index (Phi) is 4.37. The number of carbonyl (C=O) groups excluding carboxylic acids is 1. The molecule has 1 aliphatic carbocycles. The summed E-state index contributed by atoms with van der Waals surface area (Å²) in [4.78, 5) is 12.2. The lowest BCUT2D eigenvalue weighted by Crippen LogP contribution is -2.35. The molecule has 0 aliphatic heterocycles. The van der Waals surface area contributed by atoms with Gasteiger partial charge < -0.3 is 5.32 Å². The number of carbonyl (C=O) groups is 1. The molecule has 1 fully saturated rings. The standard InChI is InChI=1S/C17H20N2O3S/c1-23(21,22)19-10-9-18-17(20)16-11-15(16)14-8-4-6-12-5-2-3-7-13(12)14/h2-8,15-16,19H,9-11H2,1H3,(H,18,20)/t15-,16+/m1/s1. The molecular formula is C17H20N2O3S. The van der Waals surface area contributed by atoms with Crippen molar-refractivity contribution in [3.05, 3.63) is 48.0 Å². The average Bonchev–Trinajstić information content (AvgIpc) is 3.30. The van der Waals surface area contributed by atoms with Crippen LogP contribution in [0.2, 0.25) is 0 Å². The van der Waals surface area contributed by atoms with Crippen LogP contribution in [0.5, 0.6) is 0 Å². The van der Waals surface area contributed by atoms with Crippen LogP contribution in [0.3, 0.4) is 0 Å². The van der Waals surface area contributed by atoms with Crippen molar-refractivity contribution in [3.63, 3.8) is 0 Å². The first-order valence-corrected chi connectivity index (χ1v) is 9.55. The van der Waals surface area contributed by atoms with Gasteiger partial charge in [0.2, 0.25) is 15.9 Å². The van der Waals surface area contributed by atoms with E-state index in [1.807, 2.05) is 18.2 Å². The normalized spacial score (nSPS) is 20.4. The first-order chi connectivity index (χ1) is 11.0. The van der Waals surface area contributed by atoms with E-state index >= 15 is 0 Å². The van der Waals surface area contributed by atoms with Crippen molar-refractivity contribution in [2.45, 2.75) is 12.3 Å². The molecular weight excluding hydrogens is 312 g/mol. The monoisotopic (exact) mass is 332 g/mol. The van der Waals surface area contributed by atoms with Crippen LogP contribution in [0.25, 0.3) is 10.8 Å². The van der Waals surface area contributed by atoms with E-state index in [1.54, 1.807) is 0 Å². The number of rotatable bonds is 6. The number of hydrogen-bond donors (Lipinski definition) is 2. The molecule has 2 aromatic rings. The quantitative estimate of drug-likeness (QED) is 0.789. The van der Waals surface area contributed by atoms with Crippen LogP contribution < -0.4 is 10.0 Å². The van der Waals surface area contributed by atoms with Gasteiger partial charge in [0.25, 0.3) is 0 Å². The van der Waals surface area contributed by atoms with Gasteiger partial charge in [-0.2, -0.15) is 0 Å². The summed E-state index contributed by atoms with van der Waals surface area (Å²) in [5.41, 5.74) is 1.22. The highest BCUT2D eigenvalue weighted by Crippen LogP contribution is 2.49. The summed E-state index contributed by atoms with van der Waals surface area (Å²) in [6.45, 7) is 0.529. The summed E-state index contributed by atoms with van der Waals surface area (Å²) < 4.78 is 24.3. The van der Waals surface area contributed by atoms with E-state index in [2.05, 4.69) is 34.3 Å². The molecule has 0 unspecified atom stereocenters. The van der Waals surface area contributed by atoms with E-state index < -0.39 is 10.0 Å². The minimum Gasteiger partial charge on any atom is -0.355 e. The molecule has 3 rings (SSSR count). The Hall–Kier alpha value is -1.92. The maximum atomic E-state index is 12.2. The molecule has 0 bridgehead atoms. The first-order valence-electron chi connectivity index (χ1n) is 7.66. The molecule has 6 heteroatoms. The van der Waals surface area contributed by atoms with E-state index in [-0.39, 0.29) is 24.3 Å². The maximum Gasteiger partial charge on any atom is 0.223 e. The van der Waals surface area contributed by atoms with Gasteiger partial charge in [0.1, 0.15) is 0 Å². The van der Waals surface area contributed by atoms with Crippen molar-refractivity contribution in [1.29, 1.82) is 0 Å². The number of nitrogens with one attached hydrogen (secondary N) is 2. The summed E-state index contributed by atoms with van der Waals surface area (Å²) in [7, 11) is -3.21. The number of benzene rings is 2. The topological polar surface area (TPSA) is 75.3 Å². The molecule has 2 N–H and O–H groups in total. The zero-order valence-electron chi connectivity index (χ0n) is 13.0. The Labute approximate surface area is 136 Å². The van der Waals surface area contributed by atoms with Gasteiger partial charge in [-0.05, 0) is 28.7 Å². The summed E-state index contributed by atoms with van der Waals surface area (Å²) in [6.07, 6.45) is 1.95. The Morgan fingerprint density at radius 3 is 2.65 bits per heavy atom. The molecule has 2 aromatic carbocycles. The van der Waals surface area contributed by atoms with E-state index in [0.717, 1.165) is 12.7 Å². The van der Waals surface area contributed by atoms with Crippen molar-refractivity contribution >= 4 is 26.7 Å². The van der Waals surface area contributed by atoms with Crippen molar-refractivity contribution in [2.24, 2.45) is 5.92 Å². The molecule has 0 heterocycles. The molecule has 0 saturated heterocycles. The zero-order chi connectivity index (χ0) is 16.4. The summed E-state index contributed by atoms with van der Waals surface area (Å²) in [5.74, 6) is 0.237. The largest absolute Gasteiger partial charge is 0.355 e. The number of sulfonamides is 1. The van der Waals surface area contributed by atoms with Crippen molar-refractivity contribution in [3.8, 4) is 0 Å². The second-order valence-electron chi connectivity index (χ2n) is 5.97. The summed E-state index contributed by atoms with van der Waals surface area (Å²) in [5, 5.41) is 5.19. The Bertz CT molecular complexity index is 827. The highest BCUT2D eigenvalue weighted by molar-refractivity contribution is 7.88. The van der Waals surface area contributed by atoms with E-state index in [1.165, 1.54) is 16.3 Å². The van der Waals surface area contributed by atoms with Crippen molar-refractivity contribution in [1.82, 2.24) is 10.0 Å². The fourth-order valence-corrected chi connectivity index (χ4v) is 3.43. The molecule has 1 saturated carbocycles. The Morgan fingerprint density at radius 1 is 1.13 bits per heavy atom. The van der Waals surface area contributed by atoms with Crippen molar-refractivity contribution in [2.75, 3.05) is 19.3 Å². The molecule has 1 aliphatic rings. The van der Waals surface area contributed by atoms with Crippen LogP contribution in [0.1, 0.15) is 17.9 Å². The summed E-state index contributed by atoms with van der Waals surface area (Å²) >= 11 is 0. The Morgan fingerprint density at radius 2 is 1.87 bits per heavy atom. The summed E-state index contributed by atoms with van der Waals surface area (Å²) in [6, 6.07) is 14.4. The number of fused-ring (bicyclic) bond motifs is 1. The van der Waals surface area contributed by atoms with Gasteiger partial charge in [-0.3, -0.25) is 4.79 Å². The second-order valence-corrected chi connectivity index (χ2v) is 7.81. The van der Waals surface area contributed by atoms with Crippen LogP contribution in [-0.2, 0) is 14.8 Å².